The summed E-state index contributed by atoms with van der Waals surface area (Å²) in [5, 5.41) is 0. The van der Waals surface area contributed by atoms with E-state index in [4.69, 9.17) is 4.74 Å². The average Bonchev–Trinajstić information content (AvgIpc) is 2.64. The highest BCUT2D eigenvalue weighted by Crippen LogP contribution is 2.30. The number of nitrogens with zero attached hydrogens (tertiary/aromatic N) is 2. The lowest BCUT2D eigenvalue weighted by molar-refractivity contribution is 0.127. The number of pyridine rings is 1. The van der Waals surface area contributed by atoms with Crippen molar-refractivity contribution in [2.75, 3.05) is 24.3 Å². The molecule has 0 aromatic carbocycles. The fraction of sp³-hybridized carbons (Fsp3) is 0.500. The third-order valence-corrected chi connectivity index (χ3v) is 3.18. The van der Waals surface area contributed by atoms with E-state index in [2.05, 4.69) is 29.1 Å². The number of ether oxygens (including phenoxy) is 1. The van der Waals surface area contributed by atoms with Crippen molar-refractivity contribution >= 4 is 17.4 Å². The first-order valence-electron chi connectivity index (χ1n) is 4.69. The molecule has 0 amide bonds. The average molecular weight is 210 g/mol. The lowest BCUT2D eigenvalue weighted by atomic mass is 10.3. The van der Waals surface area contributed by atoms with Gasteiger partial charge in [-0.2, -0.15) is 0 Å². The Hall–Kier alpha value is -0.740. The zero-order chi connectivity index (χ0) is 9.97. The van der Waals surface area contributed by atoms with Gasteiger partial charge in [0.2, 0.25) is 0 Å². The molecule has 4 heteroatoms. The van der Waals surface area contributed by atoms with Crippen LogP contribution in [0.1, 0.15) is 6.92 Å². The van der Waals surface area contributed by atoms with Crippen LogP contribution in [0.25, 0.3) is 0 Å². The molecule has 1 atom stereocenters. The van der Waals surface area contributed by atoms with Gasteiger partial charge in [0.15, 0.2) is 0 Å². The highest BCUT2D eigenvalue weighted by Gasteiger charge is 2.22. The molecule has 76 valence electrons. The summed E-state index contributed by atoms with van der Waals surface area (Å²) in [7, 11) is 0. The van der Waals surface area contributed by atoms with E-state index >= 15 is 0 Å². The molecule has 0 bridgehead atoms. The van der Waals surface area contributed by atoms with Crippen LogP contribution in [-0.4, -0.2) is 30.6 Å². The minimum atomic E-state index is 0.184. The molecule has 0 saturated carbocycles. The number of aromatic nitrogens is 1. The van der Waals surface area contributed by atoms with Gasteiger partial charge in [0, 0.05) is 23.8 Å². The van der Waals surface area contributed by atoms with Gasteiger partial charge in [-0.25, -0.2) is 0 Å². The maximum atomic E-state index is 5.52. The van der Waals surface area contributed by atoms with E-state index in [1.165, 1.54) is 10.6 Å². The molecule has 1 aromatic heterocycles. The summed E-state index contributed by atoms with van der Waals surface area (Å²) in [4.78, 5) is 7.61. The monoisotopic (exact) mass is 210 g/mol. The Kier molecular flexibility index (Phi) is 2.93. The first-order chi connectivity index (χ1) is 6.83. The van der Waals surface area contributed by atoms with Gasteiger partial charge in [-0.3, -0.25) is 4.98 Å². The molecule has 0 radical (unpaired) electrons. The van der Waals surface area contributed by atoms with E-state index in [1.54, 1.807) is 11.8 Å². The van der Waals surface area contributed by atoms with Crippen LogP contribution >= 0.6 is 11.8 Å². The molecule has 2 heterocycles. The third-order valence-electron chi connectivity index (χ3n) is 2.42. The Labute approximate surface area is 88.5 Å². The first kappa shape index (κ1) is 9.80. The second kappa shape index (κ2) is 4.19. The number of thioether (sulfide) groups is 1. The summed E-state index contributed by atoms with van der Waals surface area (Å²) in [5.74, 6) is 0. The Balaban J connectivity index is 2.30. The quantitative estimate of drug-likeness (QED) is 0.697. The van der Waals surface area contributed by atoms with Crippen molar-refractivity contribution < 1.29 is 4.74 Å². The second-order valence-electron chi connectivity index (χ2n) is 3.21. The number of anilines is 1. The predicted molar refractivity (Wildman–Crippen MR) is 58.8 cm³/mol. The van der Waals surface area contributed by atoms with Gasteiger partial charge in [0.1, 0.15) is 6.23 Å². The number of rotatable bonds is 2. The standard InChI is InChI=1S/C10H14N2OS/c1-8-12(5-6-13-8)9-3-4-11-7-10(9)14-2/h3-4,7-8H,5-6H2,1-2H3. The van der Waals surface area contributed by atoms with E-state index in [9.17, 15) is 0 Å². The fourth-order valence-electron chi connectivity index (χ4n) is 1.68. The minimum Gasteiger partial charge on any atom is -0.357 e. The second-order valence-corrected chi connectivity index (χ2v) is 4.06. The Morgan fingerprint density at radius 2 is 2.50 bits per heavy atom. The normalized spacial score (nSPS) is 21.6. The minimum absolute atomic E-state index is 0.184. The van der Waals surface area contributed by atoms with Crippen LogP contribution in [0, 0.1) is 0 Å². The molecule has 1 unspecified atom stereocenters. The highest BCUT2D eigenvalue weighted by molar-refractivity contribution is 7.98. The smallest absolute Gasteiger partial charge is 0.127 e. The number of hydrogen-bond donors (Lipinski definition) is 0. The van der Waals surface area contributed by atoms with Gasteiger partial charge < -0.3 is 9.64 Å². The molecular formula is C10H14N2OS. The van der Waals surface area contributed by atoms with Gasteiger partial charge in [-0.15, -0.1) is 11.8 Å². The van der Waals surface area contributed by atoms with Crippen LogP contribution in [-0.2, 0) is 4.74 Å². The highest BCUT2D eigenvalue weighted by atomic mass is 32.2. The molecule has 1 aliphatic heterocycles. The predicted octanol–water partition coefficient (Wildman–Crippen LogP) is 1.99. The van der Waals surface area contributed by atoms with Crippen molar-refractivity contribution in [1.29, 1.82) is 0 Å². The Morgan fingerprint density at radius 1 is 1.64 bits per heavy atom. The number of hydrogen-bond acceptors (Lipinski definition) is 4. The van der Waals surface area contributed by atoms with Gasteiger partial charge in [0.25, 0.3) is 0 Å². The van der Waals surface area contributed by atoms with Gasteiger partial charge in [0.05, 0.1) is 12.3 Å². The summed E-state index contributed by atoms with van der Waals surface area (Å²) in [6.45, 7) is 3.87. The van der Waals surface area contributed by atoms with Gasteiger partial charge >= 0.3 is 0 Å². The van der Waals surface area contributed by atoms with Crippen molar-refractivity contribution in [2.45, 2.75) is 18.0 Å². The van der Waals surface area contributed by atoms with Crippen LogP contribution in [0.2, 0.25) is 0 Å². The zero-order valence-corrected chi connectivity index (χ0v) is 9.25. The summed E-state index contributed by atoms with van der Waals surface area (Å²) in [6, 6.07) is 2.05. The van der Waals surface area contributed by atoms with Crippen LogP contribution < -0.4 is 4.90 Å². The van der Waals surface area contributed by atoms with E-state index < -0.39 is 0 Å². The van der Waals surface area contributed by atoms with E-state index in [0.29, 0.717) is 0 Å². The molecule has 0 spiro atoms. The fourth-order valence-corrected chi connectivity index (χ4v) is 2.24. The molecule has 14 heavy (non-hydrogen) atoms. The molecular weight excluding hydrogens is 196 g/mol. The van der Waals surface area contributed by atoms with Crippen molar-refractivity contribution in [1.82, 2.24) is 4.98 Å². The summed E-state index contributed by atoms with van der Waals surface area (Å²) < 4.78 is 5.52. The summed E-state index contributed by atoms with van der Waals surface area (Å²) in [6.07, 6.45) is 6.00. The van der Waals surface area contributed by atoms with Crippen LogP contribution in [0.4, 0.5) is 5.69 Å². The molecule has 0 aliphatic carbocycles. The molecule has 0 N–H and O–H groups in total. The Bertz CT molecular complexity index is 319. The lowest BCUT2D eigenvalue weighted by Gasteiger charge is -2.23. The SMILES string of the molecule is CSc1cnccc1N1CCOC1C. The molecule has 1 aromatic rings. The van der Waals surface area contributed by atoms with E-state index in [0.717, 1.165) is 13.2 Å². The maximum absolute atomic E-state index is 5.52. The van der Waals surface area contributed by atoms with Crippen molar-refractivity contribution in [2.24, 2.45) is 0 Å². The van der Waals surface area contributed by atoms with Crippen molar-refractivity contribution in [3.8, 4) is 0 Å². The molecule has 2 rings (SSSR count). The zero-order valence-electron chi connectivity index (χ0n) is 8.43. The molecule has 1 aliphatic rings. The topological polar surface area (TPSA) is 25.4 Å². The van der Waals surface area contributed by atoms with Crippen LogP contribution in [0.3, 0.4) is 0 Å². The molecule has 3 nitrogen and oxygen atoms in total. The van der Waals surface area contributed by atoms with Gasteiger partial charge in [-0.1, -0.05) is 0 Å². The van der Waals surface area contributed by atoms with Crippen LogP contribution in [0.15, 0.2) is 23.4 Å². The van der Waals surface area contributed by atoms with Gasteiger partial charge in [-0.05, 0) is 19.2 Å². The first-order valence-corrected chi connectivity index (χ1v) is 5.91. The lowest BCUT2D eigenvalue weighted by Crippen LogP contribution is -2.27. The largest absolute Gasteiger partial charge is 0.357 e. The van der Waals surface area contributed by atoms with E-state index in [1.807, 2.05) is 12.4 Å². The van der Waals surface area contributed by atoms with E-state index in [-0.39, 0.29) is 6.23 Å². The van der Waals surface area contributed by atoms with Crippen molar-refractivity contribution in [3.05, 3.63) is 18.5 Å². The summed E-state index contributed by atoms with van der Waals surface area (Å²) >= 11 is 1.72. The van der Waals surface area contributed by atoms with Crippen LogP contribution in [0.5, 0.6) is 0 Å². The molecule has 1 fully saturated rings. The third kappa shape index (κ3) is 1.72. The van der Waals surface area contributed by atoms with Crippen molar-refractivity contribution in [3.63, 3.8) is 0 Å². The maximum Gasteiger partial charge on any atom is 0.127 e. The molecule has 1 saturated heterocycles. The Morgan fingerprint density at radius 3 is 3.14 bits per heavy atom. The summed E-state index contributed by atoms with van der Waals surface area (Å²) in [5.41, 5.74) is 1.23.